The molecule has 2 aromatic rings. The van der Waals surface area contributed by atoms with Gasteiger partial charge in [0.15, 0.2) is 5.11 Å². The number of aryl methyl sites for hydroxylation is 2. The van der Waals surface area contributed by atoms with Crippen LogP contribution in [-0.4, -0.2) is 17.1 Å². The molecule has 0 bridgehead atoms. The second-order valence-electron chi connectivity index (χ2n) is 5.32. The van der Waals surface area contributed by atoms with Crippen LogP contribution < -0.4 is 5.32 Å². The molecule has 2 aromatic carbocycles. The zero-order valence-electron chi connectivity index (χ0n) is 12.8. The Kier molecular flexibility index (Phi) is 5.68. The predicted octanol–water partition coefficient (Wildman–Crippen LogP) is 5.44. The molecule has 5 heteroatoms. The smallest absolute Gasteiger partial charge is 0.173 e. The monoisotopic (exact) mass is 352 g/mol. The van der Waals surface area contributed by atoms with E-state index in [9.17, 15) is 0 Å². The van der Waals surface area contributed by atoms with E-state index in [0.717, 1.165) is 27.4 Å². The Labute approximate surface area is 147 Å². The average molecular weight is 353 g/mol. The van der Waals surface area contributed by atoms with E-state index in [-0.39, 0.29) is 0 Å². The van der Waals surface area contributed by atoms with Crippen LogP contribution in [0.5, 0.6) is 0 Å². The van der Waals surface area contributed by atoms with E-state index in [2.05, 4.69) is 11.4 Å². The maximum Gasteiger partial charge on any atom is 0.173 e. The van der Waals surface area contributed by atoms with Crippen LogP contribution in [0.3, 0.4) is 0 Å². The number of benzene rings is 2. The van der Waals surface area contributed by atoms with Crippen molar-refractivity contribution < 1.29 is 0 Å². The summed E-state index contributed by atoms with van der Waals surface area (Å²) in [5.41, 5.74) is 4.08. The standard InChI is InChI=1S/C17H18Cl2N2S/c1-11-8-12(2)16(15(19)9-11)20-17(22)21(3)10-13-6-4-5-7-14(13)18/h4-9H,10H2,1-3H3,(H,20,22). The molecule has 2 rings (SSSR count). The highest BCUT2D eigenvalue weighted by Crippen LogP contribution is 2.27. The van der Waals surface area contributed by atoms with Crippen molar-refractivity contribution >= 4 is 46.2 Å². The van der Waals surface area contributed by atoms with Crippen LogP contribution in [0.25, 0.3) is 0 Å². The van der Waals surface area contributed by atoms with Crippen LogP contribution in [-0.2, 0) is 6.54 Å². The number of thiocarbonyl (C=S) groups is 1. The van der Waals surface area contributed by atoms with Crippen LogP contribution in [0.4, 0.5) is 5.69 Å². The highest BCUT2D eigenvalue weighted by Gasteiger charge is 2.11. The number of halogens is 2. The van der Waals surface area contributed by atoms with Gasteiger partial charge in [-0.25, -0.2) is 0 Å². The van der Waals surface area contributed by atoms with Crippen molar-refractivity contribution in [2.75, 3.05) is 12.4 Å². The Morgan fingerprint density at radius 2 is 1.82 bits per heavy atom. The summed E-state index contributed by atoms with van der Waals surface area (Å²) >= 11 is 18.0. The Morgan fingerprint density at radius 1 is 1.14 bits per heavy atom. The van der Waals surface area contributed by atoms with E-state index in [0.29, 0.717) is 16.7 Å². The lowest BCUT2D eigenvalue weighted by atomic mass is 10.1. The first-order valence-electron chi connectivity index (χ1n) is 6.90. The average Bonchev–Trinajstić information content (AvgIpc) is 2.45. The quantitative estimate of drug-likeness (QED) is 0.740. The second-order valence-corrected chi connectivity index (χ2v) is 6.52. The minimum atomic E-state index is 0.605. The lowest BCUT2D eigenvalue weighted by Gasteiger charge is -2.23. The van der Waals surface area contributed by atoms with Gasteiger partial charge in [-0.05, 0) is 54.9 Å². The Balaban J connectivity index is 2.11. The van der Waals surface area contributed by atoms with Crippen molar-refractivity contribution in [3.63, 3.8) is 0 Å². The molecule has 0 aliphatic heterocycles. The van der Waals surface area contributed by atoms with E-state index >= 15 is 0 Å². The van der Waals surface area contributed by atoms with Gasteiger partial charge < -0.3 is 10.2 Å². The topological polar surface area (TPSA) is 15.3 Å². The Hall–Kier alpha value is -1.29. The van der Waals surface area contributed by atoms with E-state index in [1.54, 1.807) is 0 Å². The van der Waals surface area contributed by atoms with Gasteiger partial charge in [0.25, 0.3) is 0 Å². The molecule has 0 spiro atoms. The molecule has 0 fully saturated rings. The predicted molar refractivity (Wildman–Crippen MR) is 100 cm³/mol. The first-order chi connectivity index (χ1) is 10.4. The number of nitrogens with one attached hydrogen (secondary N) is 1. The van der Waals surface area contributed by atoms with Gasteiger partial charge in [-0.15, -0.1) is 0 Å². The normalized spacial score (nSPS) is 10.4. The van der Waals surface area contributed by atoms with Crippen molar-refractivity contribution in [2.24, 2.45) is 0 Å². The number of hydrogen-bond acceptors (Lipinski definition) is 1. The third-order valence-corrected chi connectivity index (χ3v) is 4.46. The first-order valence-corrected chi connectivity index (χ1v) is 8.07. The molecule has 0 aromatic heterocycles. The van der Waals surface area contributed by atoms with E-state index < -0.39 is 0 Å². The molecule has 0 saturated carbocycles. The second kappa shape index (κ2) is 7.32. The van der Waals surface area contributed by atoms with Crippen LogP contribution in [0.15, 0.2) is 36.4 Å². The van der Waals surface area contributed by atoms with E-state index in [1.165, 1.54) is 0 Å². The van der Waals surface area contributed by atoms with Gasteiger partial charge in [0.05, 0.1) is 10.7 Å². The van der Waals surface area contributed by atoms with E-state index in [4.69, 9.17) is 35.4 Å². The summed E-state index contributed by atoms with van der Waals surface area (Å²) in [5, 5.41) is 5.24. The molecule has 0 aliphatic rings. The molecular formula is C17H18Cl2N2S. The maximum atomic E-state index is 6.31. The fourth-order valence-corrected chi connectivity index (χ4v) is 2.96. The molecule has 0 amide bonds. The summed E-state index contributed by atoms with van der Waals surface area (Å²) in [7, 11) is 1.93. The zero-order valence-corrected chi connectivity index (χ0v) is 15.1. The zero-order chi connectivity index (χ0) is 16.3. The van der Waals surface area contributed by atoms with Crippen molar-refractivity contribution in [3.05, 3.63) is 63.1 Å². The summed E-state index contributed by atoms with van der Waals surface area (Å²) < 4.78 is 0. The fraction of sp³-hybridized carbons (Fsp3) is 0.235. The van der Waals surface area contributed by atoms with E-state index in [1.807, 2.05) is 56.1 Å². The fourth-order valence-electron chi connectivity index (χ4n) is 2.23. The van der Waals surface area contributed by atoms with Crippen molar-refractivity contribution in [3.8, 4) is 0 Å². The minimum absolute atomic E-state index is 0.605. The number of rotatable bonds is 3. The molecule has 1 N–H and O–H groups in total. The molecular weight excluding hydrogens is 335 g/mol. The molecule has 22 heavy (non-hydrogen) atoms. The summed E-state index contributed by atoms with van der Waals surface area (Å²) in [6.07, 6.45) is 0. The summed E-state index contributed by atoms with van der Waals surface area (Å²) in [4.78, 5) is 1.94. The van der Waals surface area contributed by atoms with Gasteiger partial charge in [0.2, 0.25) is 0 Å². The van der Waals surface area contributed by atoms with Crippen LogP contribution >= 0.6 is 35.4 Å². The van der Waals surface area contributed by atoms with Gasteiger partial charge in [0.1, 0.15) is 0 Å². The third kappa shape index (κ3) is 4.13. The largest absolute Gasteiger partial charge is 0.348 e. The highest BCUT2D eigenvalue weighted by atomic mass is 35.5. The Morgan fingerprint density at radius 3 is 2.45 bits per heavy atom. The minimum Gasteiger partial charge on any atom is -0.348 e. The van der Waals surface area contributed by atoms with Gasteiger partial charge in [-0.1, -0.05) is 47.5 Å². The molecule has 0 unspecified atom stereocenters. The maximum absolute atomic E-state index is 6.31. The molecule has 0 saturated heterocycles. The molecule has 0 atom stereocenters. The van der Waals surface area contributed by atoms with Gasteiger partial charge in [-0.2, -0.15) is 0 Å². The molecule has 0 aliphatic carbocycles. The SMILES string of the molecule is Cc1cc(C)c(NC(=S)N(C)Cc2ccccc2Cl)c(Cl)c1. The van der Waals surface area contributed by atoms with Gasteiger partial charge in [0, 0.05) is 18.6 Å². The summed E-state index contributed by atoms with van der Waals surface area (Å²) in [5.74, 6) is 0. The molecule has 116 valence electrons. The van der Waals surface area contributed by atoms with Gasteiger partial charge in [-0.3, -0.25) is 0 Å². The number of nitrogens with zero attached hydrogens (tertiary/aromatic N) is 1. The lowest BCUT2D eigenvalue weighted by Crippen LogP contribution is -2.31. The summed E-state index contributed by atoms with van der Waals surface area (Å²) in [6, 6.07) is 11.7. The lowest BCUT2D eigenvalue weighted by molar-refractivity contribution is 0.508. The van der Waals surface area contributed by atoms with Crippen LogP contribution in [0.1, 0.15) is 16.7 Å². The number of anilines is 1. The van der Waals surface area contributed by atoms with Gasteiger partial charge >= 0.3 is 0 Å². The number of hydrogen-bond donors (Lipinski definition) is 1. The van der Waals surface area contributed by atoms with Crippen LogP contribution in [0, 0.1) is 13.8 Å². The summed E-state index contributed by atoms with van der Waals surface area (Å²) in [6.45, 7) is 4.66. The molecule has 0 heterocycles. The first kappa shape index (κ1) is 17.1. The molecule has 0 radical (unpaired) electrons. The highest BCUT2D eigenvalue weighted by molar-refractivity contribution is 7.80. The Bertz CT molecular complexity index is 678. The van der Waals surface area contributed by atoms with Crippen LogP contribution in [0.2, 0.25) is 10.0 Å². The third-order valence-electron chi connectivity index (χ3n) is 3.38. The molecule has 2 nitrogen and oxygen atoms in total. The van der Waals surface area contributed by atoms with Crippen molar-refractivity contribution in [1.82, 2.24) is 4.90 Å². The van der Waals surface area contributed by atoms with Crippen molar-refractivity contribution in [2.45, 2.75) is 20.4 Å². The van der Waals surface area contributed by atoms with Crippen molar-refractivity contribution in [1.29, 1.82) is 0 Å².